The van der Waals surface area contributed by atoms with Crippen LogP contribution < -0.4 is 10.6 Å². The molecule has 16 heavy (non-hydrogen) atoms. The standard InChI is InChI=1S/C11H16ClN3O/c1-11(16)3-2-4-15(7-11)10-9(12)5-8(13)6-14-10/h5-6,16H,2-4,7,13H2,1H3. The summed E-state index contributed by atoms with van der Waals surface area (Å²) >= 11 is 6.09. The van der Waals surface area contributed by atoms with Crippen molar-refractivity contribution in [2.24, 2.45) is 0 Å². The Morgan fingerprint density at radius 2 is 2.38 bits per heavy atom. The number of nitrogens with zero attached hydrogens (tertiary/aromatic N) is 2. The van der Waals surface area contributed by atoms with Gasteiger partial charge in [0.05, 0.1) is 22.5 Å². The molecule has 0 saturated carbocycles. The minimum Gasteiger partial charge on any atom is -0.397 e. The van der Waals surface area contributed by atoms with E-state index in [2.05, 4.69) is 4.98 Å². The molecule has 1 aromatic rings. The lowest BCUT2D eigenvalue weighted by Gasteiger charge is -2.37. The summed E-state index contributed by atoms with van der Waals surface area (Å²) in [5.74, 6) is 0.704. The summed E-state index contributed by atoms with van der Waals surface area (Å²) in [6.45, 7) is 3.26. The topological polar surface area (TPSA) is 62.4 Å². The molecule has 2 rings (SSSR count). The van der Waals surface area contributed by atoms with Gasteiger partial charge in [-0.1, -0.05) is 11.6 Å². The molecule has 1 fully saturated rings. The van der Waals surface area contributed by atoms with Crippen molar-refractivity contribution >= 4 is 23.1 Å². The minimum absolute atomic E-state index is 0.540. The number of halogens is 1. The number of rotatable bonds is 1. The number of hydrogen-bond donors (Lipinski definition) is 2. The highest BCUT2D eigenvalue weighted by Gasteiger charge is 2.29. The highest BCUT2D eigenvalue weighted by atomic mass is 35.5. The lowest BCUT2D eigenvalue weighted by molar-refractivity contribution is 0.0447. The third-order valence-electron chi connectivity index (χ3n) is 2.82. The molecule has 0 aliphatic carbocycles. The number of β-amino-alcohol motifs (C(OH)–C–C–N with tert-alkyl or cyclic N) is 1. The fourth-order valence-corrected chi connectivity index (χ4v) is 2.37. The van der Waals surface area contributed by atoms with Crippen LogP contribution in [-0.2, 0) is 0 Å². The number of piperidine rings is 1. The second-order valence-corrected chi connectivity index (χ2v) is 5.00. The molecule has 1 aromatic heterocycles. The number of nitrogen functional groups attached to an aromatic ring is 1. The van der Waals surface area contributed by atoms with Crippen LogP contribution in [0.2, 0.25) is 5.02 Å². The van der Waals surface area contributed by atoms with Crippen LogP contribution in [0.1, 0.15) is 19.8 Å². The molecule has 88 valence electrons. The average Bonchev–Trinajstić information content (AvgIpc) is 2.15. The molecule has 1 aliphatic heterocycles. The zero-order valence-electron chi connectivity index (χ0n) is 9.28. The van der Waals surface area contributed by atoms with Crippen molar-refractivity contribution < 1.29 is 5.11 Å². The molecular formula is C11H16ClN3O. The van der Waals surface area contributed by atoms with Crippen molar-refractivity contribution in [1.29, 1.82) is 0 Å². The van der Waals surface area contributed by atoms with Gasteiger partial charge in [-0.05, 0) is 25.8 Å². The maximum absolute atomic E-state index is 10.0. The first-order chi connectivity index (χ1) is 7.48. The molecule has 0 aromatic carbocycles. The highest BCUT2D eigenvalue weighted by molar-refractivity contribution is 6.33. The molecule has 4 nitrogen and oxygen atoms in total. The number of nitrogens with two attached hydrogens (primary N) is 1. The lowest BCUT2D eigenvalue weighted by atomic mass is 9.95. The van der Waals surface area contributed by atoms with E-state index >= 15 is 0 Å². The van der Waals surface area contributed by atoms with E-state index in [1.54, 1.807) is 12.3 Å². The summed E-state index contributed by atoms with van der Waals surface area (Å²) < 4.78 is 0. The van der Waals surface area contributed by atoms with E-state index in [4.69, 9.17) is 17.3 Å². The number of aliphatic hydroxyl groups is 1. The maximum Gasteiger partial charge on any atom is 0.147 e. The van der Waals surface area contributed by atoms with Crippen molar-refractivity contribution in [1.82, 2.24) is 4.98 Å². The van der Waals surface area contributed by atoms with Crippen LogP contribution in [0.25, 0.3) is 0 Å². The largest absolute Gasteiger partial charge is 0.397 e. The van der Waals surface area contributed by atoms with Crippen molar-refractivity contribution in [2.75, 3.05) is 23.7 Å². The van der Waals surface area contributed by atoms with Gasteiger partial charge in [-0.15, -0.1) is 0 Å². The number of hydrogen-bond acceptors (Lipinski definition) is 4. The molecule has 0 spiro atoms. The summed E-state index contributed by atoms with van der Waals surface area (Å²) in [7, 11) is 0. The molecule has 1 unspecified atom stereocenters. The molecule has 1 saturated heterocycles. The predicted octanol–water partition coefficient (Wildman–Crippen LogP) is 1.67. The van der Waals surface area contributed by atoms with Gasteiger partial charge in [0, 0.05) is 13.1 Å². The smallest absolute Gasteiger partial charge is 0.147 e. The molecule has 0 bridgehead atoms. The van der Waals surface area contributed by atoms with Gasteiger partial charge in [-0.2, -0.15) is 0 Å². The Morgan fingerprint density at radius 3 is 3.00 bits per heavy atom. The van der Waals surface area contributed by atoms with Gasteiger partial charge < -0.3 is 15.7 Å². The molecular weight excluding hydrogens is 226 g/mol. The fourth-order valence-electron chi connectivity index (χ4n) is 2.08. The molecule has 3 N–H and O–H groups in total. The van der Waals surface area contributed by atoms with E-state index in [1.165, 1.54) is 0 Å². The SMILES string of the molecule is CC1(O)CCCN(c2ncc(N)cc2Cl)C1. The third kappa shape index (κ3) is 2.39. The van der Waals surface area contributed by atoms with Crippen LogP contribution in [0.3, 0.4) is 0 Å². The predicted molar refractivity (Wildman–Crippen MR) is 65.7 cm³/mol. The zero-order chi connectivity index (χ0) is 11.8. The first-order valence-corrected chi connectivity index (χ1v) is 5.74. The maximum atomic E-state index is 10.0. The van der Waals surface area contributed by atoms with Crippen LogP contribution in [0, 0.1) is 0 Å². The lowest BCUT2D eigenvalue weighted by Crippen LogP contribution is -2.46. The van der Waals surface area contributed by atoms with Crippen molar-refractivity contribution in [2.45, 2.75) is 25.4 Å². The van der Waals surface area contributed by atoms with Gasteiger partial charge >= 0.3 is 0 Å². The normalized spacial score (nSPS) is 25.8. The summed E-state index contributed by atoms with van der Waals surface area (Å²) in [4.78, 5) is 6.23. The van der Waals surface area contributed by atoms with Crippen LogP contribution in [0.4, 0.5) is 11.5 Å². The Hall–Kier alpha value is -1.00. The van der Waals surface area contributed by atoms with Crippen molar-refractivity contribution in [3.63, 3.8) is 0 Å². The zero-order valence-corrected chi connectivity index (χ0v) is 10.0. The molecule has 1 aliphatic rings. The van der Waals surface area contributed by atoms with E-state index in [0.717, 1.165) is 19.4 Å². The Balaban J connectivity index is 2.23. The van der Waals surface area contributed by atoms with Gasteiger partial charge in [-0.25, -0.2) is 4.98 Å². The van der Waals surface area contributed by atoms with Crippen molar-refractivity contribution in [3.8, 4) is 0 Å². The van der Waals surface area contributed by atoms with E-state index in [9.17, 15) is 5.11 Å². The summed E-state index contributed by atoms with van der Waals surface area (Å²) in [6.07, 6.45) is 3.34. The van der Waals surface area contributed by atoms with Gasteiger partial charge in [0.2, 0.25) is 0 Å². The van der Waals surface area contributed by atoms with E-state index in [-0.39, 0.29) is 0 Å². The quantitative estimate of drug-likeness (QED) is 0.785. The minimum atomic E-state index is -0.662. The van der Waals surface area contributed by atoms with Crippen molar-refractivity contribution in [3.05, 3.63) is 17.3 Å². The van der Waals surface area contributed by atoms with E-state index in [0.29, 0.717) is 23.1 Å². The van der Waals surface area contributed by atoms with Crippen LogP contribution >= 0.6 is 11.6 Å². The van der Waals surface area contributed by atoms with Crippen LogP contribution in [0.5, 0.6) is 0 Å². The molecule has 5 heteroatoms. The number of anilines is 2. The van der Waals surface area contributed by atoms with Gasteiger partial charge in [0.25, 0.3) is 0 Å². The van der Waals surface area contributed by atoms with Gasteiger partial charge in [0.15, 0.2) is 0 Å². The van der Waals surface area contributed by atoms with E-state index in [1.807, 2.05) is 11.8 Å². The summed E-state index contributed by atoms with van der Waals surface area (Å²) in [5.41, 5.74) is 5.49. The van der Waals surface area contributed by atoms with Gasteiger partial charge in [-0.3, -0.25) is 0 Å². The number of pyridine rings is 1. The average molecular weight is 242 g/mol. The first kappa shape index (κ1) is 11.5. The second kappa shape index (κ2) is 4.11. The second-order valence-electron chi connectivity index (χ2n) is 4.60. The molecule has 2 heterocycles. The monoisotopic (exact) mass is 241 g/mol. The number of aromatic nitrogens is 1. The first-order valence-electron chi connectivity index (χ1n) is 5.36. The molecule has 1 atom stereocenters. The summed E-state index contributed by atoms with van der Waals surface area (Å²) in [5, 5.41) is 10.6. The Labute approximate surface area is 100 Å². The third-order valence-corrected chi connectivity index (χ3v) is 3.10. The molecule has 0 amide bonds. The highest BCUT2D eigenvalue weighted by Crippen LogP contribution is 2.30. The Kier molecular flexibility index (Phi) is 2.95. The Morgan fingerprint density at radius 1 is 1.62 bits per heavy atom. The fraction of sp³-hybridized carbons (Fsp3) is 0.545. The Bertz CT molecular complexity index is 395. The summed E-state index contributed by atoms with van der Waals surface area (Å²) in [6, 6.07) is 1.69. The van der Waals surface area contributed by atoms with E-state index < -0.39 is 5.60 Å². The van der Waals surface area contributed by atoms with Crippen LogP contribution in [-0.4, -0.2) is 28.8 Å². The van der Waals surface area contributed by atoms with Crippen LogP contribution in [0.15, 0.2) is 12.3 Å². The van der Waals surface area contributed by atoms with Gasteiger partial charge in [0.1, 0.15) is 5.82 Å². The molecule has 0 radical (unpaired) electrons.